The average molecular weight is 316 g/mol. The average Bonchev–Trinajstić information content (AvgIpc) is 3.15. The molecule has 1 aromatic carbocycles. The monoisotopic (exact) mass is 316 g/mol. The lowest BCUT2D eigenvalue weighted by atomic mass is 9.94. The second kappa shape index (κ2) is 5.83. The third-order valence-electron chi connectivity index (χ3n) is 4.52. The van der Waals surface area contributed by atoms with Crippen LogP contribution < -0.4 is 5.73 Å². The molecule has 0 saturated heterocycles. The van der Waals surface area contributed by atoms with Crippen LogP contribution in [0.5, 0.6) is 0 Å². The van der Waals surface area contributed by atoms with Gasteiger partial charge in [0.25, 0.3) is 5.69 Å². The van der Waals surface area contributed by atoms with E-state index in [-0.39, 0.29) is 41.2 Å². The molecule has 0 radical (unpaired) electrons. The van der Waals surface area contributed by atoms with Crippen LogP contribution in [0.15, 0.2) is 30.4 Å². The molecule has 1 saturated carbocycles. The number of benzene rings is 1. The van der Waals surface area contributed by atoms with E-state index in [1.807, 2.05) is 6.08 Å². The second-order valence-corrected chi connectivity index (χ2v) is 5.96. The highest BCUT2D eigenvalue weighted by molar-refractivity contribution is 5.93. The number of hydrogen-bond acceptors (Lipinski definition) is 5. The molecule has 7 nitrogen and oxygen atoms in total. The molecule has 0 spiro atoms. The zero-order chi connectivity index (χ0) is 16.6. The minimum Gasteiger partial charge on any atom is -0.460 e. The van der Waals surface area contributed by atoms with Gasteiger partial charge in [-0.2, -0.15) is 0 Å². The number of primary amides is 1. The van der Waals surface area contributed by atoms with Gasteiger partial charge in [0.2, 0.25) is 5.91 Å². The Morgan fingerprint density at radius 1 is 1.30 bits per heavy atom. The highest BCUT2D eigenvalue weighted by Crippen LogP contribution is 2.44. The molecule has 2 aliphatic rings. The number of hydrogen-bond donors (Lipinski definition) is 1. The van der Waals surface area contributed by atoms with E-state index in [9.17, 15) is 19.7 Å². The van der Waals surface area contributed by atoms with E-state index in [1.54, 1.807) is 0 Å². The molecule has 0 unspecified atom stereocenters. The predicted molar refractivity (Wildman–Crippen MR) is 80.3 cm³/mol. The number of esters is 1. The smallest absolute Gasteiger partial charge is 0.309 e. The molecule has 7 heteroatoms. The maximum atomic E-state index is 12.2. The number of amides is 1. The fourth-order valence-electron chi connectivity index (χ4n) is 3.32. The van der Waals surface area contributed by atoms with Gasteiger partial charge in [0.15, 0.2) is 0 Å². The van der Waals surface area contributed by atoms with Crippen LogP contribution in [0, 0.1) is 27.9 Å². The molecular formula is C16H16N2O5. The number of carbonyl (C=O) groups is 2. The number of nitro groups is 1. The summed E-state index contributed by atoms with van der Waals surface area (Å²) >= 11 is 0. The van der Waals surface area contributed by atoms with E-state index in [0.29, 0.717) is 5.92 Å². The molecule has 2 N–H and O–H groups in total. The first-order valence-electron chi connectivity index (χ1n) is 7.38. The Bertz CT molecular complexity index is 712. The molecular weight excluding hydrogens is 300 g/mol. The quantitative estimate of drug-likeness (QED) is 0.386. The third-order valence-corrected chi connectivity index (χ3v) is 4.52. The van der Waals surface area contributed by atoms with Crippen LogP contribution >= 0.6 is 0 Å². The van der Waals surface area contributed by atoms with E-state index < -0.39 is 10.8 Å². The van der Waals surface area contributed by atoms with Crippen molar-refractivity contribution in [2.24, 2.45) is 23.5 Å². The largest absolute Gasteiger partial charge is 0.460 e. The Hall–Kier alpha value is -2.70. The normalized spacial score (nSPS) is 24.6. The van der Waals surface area contributed by atoms with Crippen molar-refractivity contribution in [3.63, 3.8) is 0 Å². The van der Waals surface area contributed by atoms with E-state index in [4.69, 9.17) is 10.5 Å². The van der Waals surface area contributed by atoms with Gasteiger partial charge in [0.1, 0.15) is 6.61 Å². The number of carbonyl (C=O) groups excluding carboxylic acids is 2. The molecule has 1 fully saturated rings. The Kier molecular flexibility index (Phi) is 3.85. The highest BCUT2D eigenvalue weighted by atomic mass is 16.6. The van der Waals surface area contributed by atoms with Crippen molar-refractivity contribution in [3.05, 3.63) is 51.6 Å². The topological polar surface area (TPSA) is 113 Å². The molecule has 2 aliphatic carbocycles. The molecule has 2 bridgehead atoms. The standard InChI is InChI=1S/C16H16N2O5/c17-15(19)11-3-4-12(14(7-11)18(21)22)8-23-16(20)13-6-9-1-2-10(13)5-9/h1-4,7,9-10,13H,5-6,8H2,(H2,17,19)/t9-,10-,13+/m0/s1. The summed E-state index contributed by atoms with van der Waals surface area (Å²) in [5, 5.41) is 11.1. The minimum absolute atomic E-state index is 0.0463. The van der Waals surface area contributed by atoms with Gasteiger partial charge in [-0.1, -0.05) is 12.2 Å². The number of fused-ring (bicyclic) bond motifs is 2. The predicted octanol–water partition coefficient (Wildman–Crippen LogP) is 1.95. The first-order chi connectivity index (χ1) is 11.0. The van der Waals surface area contributed by atoms with Crippen LogP contribution in [0.1, 0.15) is 28.8 Å². The van der Waals surface area contributed by atoms with Gasteiger partial charge in [-0.15, -0.1) is 0 Å². The Morgan fingerprint density at radius 2 is 2.09 bits per heavy atom. The number of allylic oxidation sites excluding steroid dienone is 2. The zero-order valence-corrected chi connectivity index (χ0v) is 12.3. The van der Waals surface area contributed by atoms with Crippen LogP contribution in [-0.2, 0) is 16.1 Å². The third kappa shape index (κ3) is 2.94. The van der Waals surface area contributed by atoms with Crippen LogP contribution in [0.4, 0.5) is 5.69 Å². The molecule has 3 rings (SSSR count). The fourth-order valence-corrected chi connectivity index (χ4v) is 3.32. The molecule has 1 amide bonds. The van der Waals surface area contributed by atoms with Gasteiger partial charge in [-0.3, -0.25) is 19.7 Å². The number of nitrogens with zero attached hydrogens (tertiary/aromatic N) is 1. The maximum Gasteiger partial charge on any atom is 0.309 e. The first kappa shape index (κ1) is 15.2. The van der Waals surface area contributed by atoms with Crippen molar-refractivity contribution in [1.29, 1.82) is 0 Å². The van der Waals surface area contributed by atoms with Gasteiger partial charge in [-0.05, 0) is 36.8 Å². The van der Waals surface area contributed by atoms with Crippen molar-refractivity contribution in [2.75, 3.05) is 0 Å². The summed E-state index contributed by atoms with van der Waals surface area (Å²) in [5.74, 6) is -0.559. The van der Waals surface area contributed by atoms with Gasteiger partial charge < -0.3 is 10.5 Å². The van der Waals surface area contributed by atoms with Crippen molar-refractivity contribution < 1.29 is 19.2 Å². The Labute approximate surface area is 132 Å². The summed E-state index contributed by atoms with van der Waals surface area (Å²) in [4.78, 5) is 33.8. The van der Waals surface area contributed by atoms with Gasteiger partial charge in [0, 0.05) is 11.6 Å². The van der Waals surface area contributed by atoms with Gasteiger partial charge in [-0.25, -0.2) is 0 Å². The first-order valence-corrected chi connectivity index (χ1v) is 7.38. The van der Waals surface area contributed by atoms with Crippen LogP contribution in [0.2, 0.25) is 0 Å². The SMILES string of the molecule is NC(=O)c1ccc(COC(=O)[C@@H]2C[C@H]3C=C[C@H]2C3)c([N+](=O)[O-])c1. The summed E-state index contributed by atoms with van der Waals surface area (Å²) in [6.45, 7) is -0.189. The van der Waals surface area contributed by atoms with Crippen LogP contribution in [0.3, 0.4) is 0 Å². The molecule has 0 aromatic heterocycles. The van der Waals surface area contributed by atoms with E-state index in [1.165, 1.54) is 12.1 Å². The van der Waals surface area contributed by atoms with Crippen molar-refractivity contribution in [2.45, 2.75) is 19.4 Å². The highest BCUT2D eigenvalue weighted by Gasteiger charge is 2.40. The number of rotatable bonds is 5. The summed E-state index contributed by atoms with van der Waals surface area (Å²) in [7, 11) is 0. The fraction of sp³-hybridized carbons (Fsp3) is 0.375. The lowest BCUT2D eigenvalue weighted by molar-refractivity contribution is -0.385. The summed E-state index contributed by atoms with van der Waals surface area (Å²) in [6, 6.07) is 3.89. The molecule has 3 atom stereocenters. The van der Waals surface area contributed by atoms with E-state index >= 15 is 0 Å². The van der Waals surface area contributed by atoms with Gasteiger partial charge in [0.05, 0.1) is 16.4 Å². The lowest BCUT2D eigenvalue weighted by Crippen LogP contribution is -2.21. The summed E-state index contributed by atoms with van der Waals surface area (Å²) in [6.07, 6.45) is 5.93. The van der Waals surface area contributed by atoms with E-state index in [0.717, 1.165) is 18.9 Å². The van der Waals surface area contributed by atoms with E-state index in [2.05, 4.69) is 6.08 Å². The molecule has 0 aliphatic heterocycles. The Balaban J connectivity index is 1.70. The second-order valence-electron chi connectivity index (χ2n) is 5.96. The minimum atomic E-state index is -0.745. The van der Waals surface area contributed by atoms with Crippen molar-refractivity contribution in [3.8, 4) is 0 Å². The summed E-state index contributed by atoms with van der Waals surface area (Å²) in [5.41, 5.74) is 5.13. The molecule has 120 valence electrons. The summed E-state index contributed by atoms with van der Waals surface area (Å²) < 4.78 is 5.26. The maximum absolute atomic E-state index is 12.2. The van der Waals surface area contributed by atoms with Crippen molar-refractivity contribution >= 4 is 17.6 Å². The number of nitrogens with two attached hydrogens (primary N) is 1. The van der Waals surface area contributed by atoms with Crippen LogP contribution in [0.25, 0.3) is 0 Å². The Morgan fingerprint density at radius 3 is 2.65 bits per heavy atom. The molecule has 23 heavy (non-hydrogen) atoms. The van der Waals surface area contributed by atoms with Crippen LogP contribution in [-0.4, -0.2) is 16.8 Å². The number of nitro benzene ring substituents is 1. The number of ether oxygens (including phenoxy) is 1. The lowest BCUT2D eigenvalue weighted by Gasteiger charge is -2.16. The van der Waals surface area contributed by atoms with Gasteiger partial charge >= 0.3 is 5.97 Å². The molecule has 1 aromatic rings. The molecule has 0 heterocycles. The zero-order valence-electron chi connectivity index (χ0n) is 12.3. The van der Waals surface area contributed by atoms with Crippen molar-refractivity contribution in [1.82, 2.24) is 0 Å².